The minimum Gasteiger partial charge on any atom is -0.339 e. The molecule has 0 saturated carbocycles. The number of nitrogens with one attached hydrogen (secondary N) is 1. The van der Waals surface area contributed by atoms with Crippen LogP contribution < -0.4 is 5.32 Å². The van der Waals surface area contributed by atoms with Crippen molar-refractivity contribution in [2.24, 2.45) is 0 Å². The van der Waals surface area contributed by atoms with Crippen LogP contribution in [0.2, 0.25) is 0 Å². The first-order valence-corrected chi connectivity index (χ1v) is 9.01. The molecule has 0 aromatic heterocycles. The maximum Gasteiger partial charge on any atom is 0.253 e. The highest BCUT2D eigenvalue weighted by molar-refractivity contribution is 6.01. The van der Waals surface area contributed by atoms with Crippen LogP contribution in [0.5, 0.6) is 0 Å². The molecule has 0 atom stereocenters. The smallest absolute Gasteiger partial charge is 0.253 e. The summed E-state index contributed by atoms with van der Waals surface area (Å²) < 4.78 is 13.6. The van der Waals surface area contributed by atoms with Crippen molar-refractivity contribution in [3.05, 3.63) is 65.5 Å². The molecule has 1 N–H and O–H groups in total. The summed E-state index contributed by atoms with van der Waals surface area (Å²) in [6, 6.07) is 12.5. The van der Waals surface area contributed by atoms with Crippen molar-refractivity contribution in [2.75, 3.05) is 18.4 Å². The molecular formula is C21H21FN2O3. The number of carbonyl (C=O) groups excluding carboxylic acids is 3. The van der Waals surface area contributed by atoms with Gasteiger partial charge in [-0.05, 0) is 43.2 Å². The van der Waals surface area contributed by atoms with Crippen molar-refractivity contribution in [1.29, 1.82) is 0 Å². The van der Waals surface area contributed by atoms with Crippen LogP contribution in [0.3, 0.4) is 0 Å². The Morgan fingerprint density at radius 1 is 0.963 bits per heavy atom. The van der Waals surface area contributed by atoms with Crippen LogP contribution in [0.25, 0.3) is 0 Å². The summed E-state index contributed by atoms with van der Waals surface area (Å²) >= 11 is 0. The minimum atomic E-state index is -0.587. The quantitative estimate of drug-likeness (QED) is 0.791. The average Bonchev–Trinajstić information content (AvgIpc) is 3.21. The van der Waals surface area contributed by atoms with E-state index < -0.39 is 11.6 Å². The van der Waals surface area contributed by atoms with E-state index in [4.69, 9.17) is 0 Å². The van der Waals surface area contributed by atoms with E-state index in [0.717, 1.165) is 25.9 Å². The van der Waals surface area contributed by atoms with E-state index in [1.807, 2.05) is 0 Å². The Morgan fingerprint density at radius 2 is 1.70 bits per heavy atom. The second-order valence-electron chi connectivity index (χ2n) is 6.53. The Morgan fingerprint density at radius 3 is 2.44 bits per heavy atom. The normalized spacial score (nSPS) is 13.4. The lowest BCUT2D eigenvalue weighted by atomic mass is 10.1. The van der Waals surface area contributed by atoms with Crippen molar-refractivity contribution in [2.45, 2.75) is 25.7 Å². The van der Waals surface area contributed by atoms with Gasteiger partial charge in [0.1, 0.15) is 5.82 Å². The molecule has 140 valence electrons. The van der Waals surface area contributed by atoms with Gasteiger partial charge in [-0.2, -0.15) is 0 Å². The number of benzene rings is 2. The largest absolute Gasteiger partial charge is 0.339 e. The molecule has 3 rings (SSSR count). The molecule has 6 heteroatoms. The first-order chi connectivity index (χ1) is 13.0. The van der Waals surface area contributed by atoms with Crippen molar-refractivity contribution in [3.8, 4) is 0 Å². The highest BCUT2D eigenvalue weighted by Gasteiger charge is 2.20. The predicted octanol–water partition coefficient (Wildman–Crippen LogP) is 3.66. The van der Waals surface area contributed by atoms with Crippen LogP contribution in [0, 0.1) is 5.82 Å². The summed E-state index contributed by atoms with van der Waals surface area (Å²) in [5.74, 6) is -1.40. The number of nitrogens with zero attached hydrogens (tertiary/aromatic N) is 1. The van der Waals surface area contributed by atoms with Crippen LogP contribution in [-0.2, 0) is 4.79 Å². The molecule has 1 heterocycles. The Balaban J connectivity index is 1.56. The standard InChI is InChI=1S/C21H21FN2O3/c22-18-9-2-1-8-17(18)19(25)10-11-20(26)23-16-7-5-6-15(14-16)21(27)24-12-3-4-13-24/h1-2,5-9,14H,3-4,10-13H2,(H,23,26). The number of carbonyl (C=O) groups is 3. The van der Waals surface area contributed by atoms with Gasteiger partial charge in [0.05, 0.1) is 5.56 Å². The van der Waals surface area contributed by atoms with Crippen LogP contribution in [0.1, 0.15) is 46.4 Å². The first-order valence-electron chi connectivity index (χ1n) is 9.01. The van der Waals surface area contributed by atoms with Gasteiger partial charge in [0.25, 0.3) is 5.91 Å². The fraction of sp³-hybridized carbons (Fsp3) is 0.286. The molecular weight excluding hydrogens is 347 g/mol. The molecule has 1 fully saturated rings. The number of hydrogen-bond donors (Lipinski definition) is 1. The molecule has 2 aromatic rings. The van der Waals surface area contributed by atoms with Gasteiger partial charge in [-0.3, -0.25) is 14.4 Å². The maximum absolute atomic E-state index is 13.6. The zero-order valence-electron chi connectivity index (χ0n) is 14.9. The fourth-order valence-corrected chi connectivity index (χ4v) is 3.11. The van der Waals surface area contributed by atoms with Gasteiger partial charge in [-0.1, -0.05) is 18.2 Å². The van der Waals surface area contributed by atoms with Gasteiger partial charge < -0.3 is 10.2 Å². The van der Waals surface area contributed by atoms with Crippen LogP contribution in [-0.4, -0.2) is 35.6 Å². The second-order valence-corrected chi connectivity index (χ2v) is 6.53. The highest BCUT2D eigenvalue weighted by Crippen LogP contribution is 2.17. The van der Waals surface area contributed by atoms with Crippen molar-refractivity contribution < 1.29 is 18.8 Å². The highest BCUT2D eigenvalue weighted by atomic mass is 19.1. The summed E-state index contributed by atoms with van der Waals surface area (Å²) in [4.78, 5) is 38.4. The summed E-state index contributed by atoms with van der Waals surface area (Å²) in [7, 11) is 0. The van der Waals surface area contributed by atoms with Crippen LogP contribution in [0.4, 0.5) is 10.1 Å². The van der Waals surface area contributed by atoms with Gasteiger partial charge in [0.2, 0.25) is 5.91 Å². The van der Waals surface area contributed by atoms with Crippen LogP contribution >= 0.6 is 0 Å². The third kappa shape index (κ3) is 4.78. The monoisotopic (exact) mass is 368 g/mol. The molecule has 0 spiro atoms. The van der Waals surface area contributed by atoms with Gasteiger partial charge >= 0.3 is 0 Å². The Bertz CT molecular complexity index is 860. The molecule has 1 aliphatic heterocycles. The second kappa shape index (κ2) is 8.58. The van der Waals surface area contributed by atoms with Gasteiger partial charge in [0.15, 0.2) is 5.78 Å². The topological polar surface area (TPSA) is 66.5 Å². The van der Waals surface area contributed by atoms with Crippen molar-refractivity contribution in [3.63, 3.8) is 0 Å². The maximum atomic E-state index is 13.6. The first kappa shape index (κ1) is 18.8. The summed E-state index contributed by atoms with van der Waals surface area (Å²) in [5, 5.41) is 2.69. The lowest BCUT2D eigenvalue weighted by Crippen LogP contribution is -2.27. The van der Waals surface area contributed by atoms with E-state index in [2.05, 4.69) is 5.32 Å². The number of halogens is 1. The number of Topliss-reactive ketones (excluding diaryl/α,β-unsaturated/α-hetero) is 1. The fourth-order valence-electron chi connectivity index (χ4n) is 3.11. The lowest BCUT2D eigenvalue weighted by molar-refractivity contribution is -0.116. The van der Waals surface area contributed by atoms with E-state index in [9.17, 15) is 18.8 Å². The zero-order chi connectivity index (χ0) is 19.2. The third-order valence-corrected chi connectivity index (χ3v) is 4.54. The minimum absolute atomic E-state index is 0.0106. The van der Waals surface area contributed by atoms with E-state index in [1.54, 1.807) is 35.2 Å². The third-order valence-electron chi connectivity index (χ3n) is 4.54. The lowest BCUT2D eigenvalue weighted by Gasteiger charge is -2.15. The SMILES string of the molecule is O=C(CCC(=O)c1ccccc1F)Nc1cccc(C(=O)N2CCCC2)c1. The number of anilines is 1. The zero-order valence-corrected chi connectivity index (χ0v) is 14.9. The average molecular weight is 368 g/mol. The summed E-state index contributed by atoms with van der Waals surface area (Å²) in [6.07, 6.45) is 1.88. The summed E-state index contributed by atoms with van der Waals surface area (Å²) in [6.45, 7) is 1.52. The number of hydrogen-bond acceptors (Lipinski definition) is 3. The number of likely N-dealkylation sites (tertiary alicyclic amines) is 1. The molecule has 0 aliphatic carbocycles. The van der Waals surface area contributed by atoms with Gasteiger partial charge in [-0.15, -0.1) is 0 Å². The number of rotatable bonds is 6. The molecule has 0 bridgehead atoms. The number of ketones is 1. The molecule has 1 aliphatic rings. The Hall–Kier alpha value is -3.02. The molecule has 2 aromatic carbocycles. The molecule has 0 radical (unpaired) electrons. The summed E-state index contributed by atoms with van der Waals surface area (Å²) in [5.41, 5.74) is 1.02. The van der Waals surface area contributed by atoms with Crippen molar-refractivity contribution >= 4 is 23.3 Å². The Labute approximate surface area is 157 Å². The number of amides is 2. The molecule has 27 heavy (non-hydrogen) atoms. The molecule has 1 saturated heterocycles. The van der Waals surface area contributed by atoms with Gasteiger partial charge in [-0.25, -0.2) is 4.39 Å². The van der Waals surface area contributed by atoms with Crippen LogP contribution in [0.15, 0.2) is 48.5 Å². The molecule has 5 nitrogen and oxygen atoms in total. The van der Waals surface area contributed by atoms with E-state index in [0.29, 0.717) is 11.3 Å². The van der Waals surface area contributed by atoms with Gasteiger partial charge in [0, 0.05) is 37.2 Å². The molecule has 2 amide bonds. The van der Waals surface area contributed by atoms with E-state index in [-0.39, 0.29) is 30.2 Å². The van der Waals surface area contributed by atoms with Crippen molar-refractivity contribution in [1.82, 2.24) is 4.90 Å². The Kier molecular flexibility index (Phi) is 5.96. The predicted molar refractivity (Wildman–Crippen MR) is 100 cm³/mol. The van der Waals surface area contributed by atoms with E-state index >= 15 is 0 Å². The van der Waals surface area contributed by atoms with E-state index in [1.165, 1.54) is 18.2 Å². The molecule has 0 unspecified atom stereocenters.